The minimum Gasteiger partial charge on any atom is -0.475 e. The molecule has 0 spiro atoms. The fourth-order valence-electron chi connectivity index (χ4n) is 5.55. The van der Waals surface area contributed by atoms with Gasteiger partial charge in [0.1, 0.15) is 5.82 Å². The number of carboxylic acid groups (broad SMARTS) is 1. The second-order valence-electron chi connectivity index (χ2n) is 9.77. The van der Waals surface area contributed by atoms with E-state index < -0.39 is 12.0 Å². The SMILES string of the molecule is Cc1cc(CC(N)C(=O)N2CCC(N3CCC(c4nc(C(=O)O)n[nH]4)CC3)CC2)cc2cn[nH]c12. The zero-order chi connectivity index (χ0) is 24.5. The van der Waals surface area contributed by atoms with Crippen molar-refractivity contribution in [1.82, 2.24) is 35.2 Å². The molecule has 3 aromatic rings. The van der Waals surface area contributed by atoms with E-state index in [2.05, 4.69) is 42.4 Å². The number of nitrogens with two attached hydrogens (primary N) is 1. The first-order valence-corrected chi connectivity index (χ1v) is 12.3. The van der Waals surface area contributed by atoms with Crippen LogP contribution in [-0.4, -0.2) is 90.4 Å². The number of aromatic amines is 2. The van der Waals surface area contributed by atoms with Gasteiger partial charge in [-0.25, -0.2) is 9.78 Å². The van der Waals surface area contributed by atoms with Crippen LogP contribution in [0.4, 0.5) is 0 Å². The van der Waals surface area contributed by atoms with E-state index in [-0.39, 0.29) is 17.6 Å². The maximum absolute atomic E-state index is 13.0. The molecule has 0 saturated carbocycles. The molecule has 0 bridgehead atoms. The average molecular weight is 481 g/mol. The van der Waals surface area contributed by atoms with Gasteiger partial charge in [-0.1, -0.05) is 6.07 Å². The zero-order valence-corrected chi connectivity index (χ0v) is 19.9. The predicted octanol–water partition coefficient (Wildman–Crippen LogP) is 1.43. The Morgan fingerprint density at radius 1 is 1.14 bits per heavy atom. The first-order chi connectivity index (χ1) is 16.9. The first-order valence-electron chi connectivity index (χ1n) is 12.3. The van der Waals surface area contributed by atoms with Gasteiger partial charge in [0.05, 0.1) is 17.8 Å². The van der Waals surface area contributed by atoms with Crippen LogP contribution in [0.5, 0.6) is 0 Å². The summed E-state index contributed by atoms with van der Waals surface area (Å²) < 4.78 is 0. The summed E-state index contributed by atoms with van der Waals surface area (Å²) in [4.78, 5) is 32.6. The minimum atomic E-state index is -1.11. The summed E-state index contributed by atoms with van der Waals surface area (Å²) in [6.45, 7) is 5.34. The van der Waals surface area contributed by atoms with Gasteiger partial charge in [-0.15, -0.1) is 5.10 Å². The van der Waals surface area contributed by atoms with Gasteiger partial charge in [-0.2, -0.15) is 5.10 Å². The number of nitrogens with one attached hydrogen (secondary N) is 2. The Balaban J connectivity index is 1.10. The molecule has 5 N–H and O–H groups in total. The van der Waals surface area contributed by atoms with Crippen molar-refractivity contribution in [1.29, 1.82) is 0 Å². The molecule has 4 heterocycles. The number of rotatable bonds is 6. The first kappa shape index (κ1) is 23.4. The molecule has 0 radical (unpaired) electrons. The van der Waals surface area contributed by atoms with Crippen molar-refractivity contribution < 1.29 is 14.7 Å². The molecule has 35 heavy (non-hydrogen) atoms. The lowest BCUT2D eigenvalue weighted by molar-refractivity contribution is -0.134. The van der Waals surface area contributed by atoms with Gasteiger partial charge < -0.3 is 20.6 Å². The number of hydrogen-bond donors (Lipinski definition) is 4. The molecule has 0 aliphatic carbocycles. The second kappa shape index (κ2) is 9.74. The number of carbonyl (C=O) groups is 2. The number of aromatic nitrogens is 5. The molecule has 2 fully saturated rings. The molecule has 11 heteroatoms. The number of H-pyrrole nitrogens is 2. The molecule has 186 valence electrons. The highest BCUT2D eigenvalue weighted by Gasteiger charge is 2.32. The largest absolute Gasteiger partial charge is 0.475 e. The van der Waals surface area contributed by atoms with E-state index >= 15 is 0 Å². The van der Waals surface area contributed by atoms with E-state index in [9.17, 15) is 9.59 Å². The second-order valence-corrected chi connectivity index (χ2v) is 9.77. The fourth-order valence-corrected chi connectivity index (χ4v) is 5.55. The highest BCUT2D eigenvalue weighted by atomic mass is 16.4. The van der Waals surface area contributed by atoms with Crippen LogP contribution in [-0.2, 0) is 11.2 Å². The minimum absolute atomic E-state index is 0.0201. The lowest BCUT2D eigenvalue weighted by Gasteiger charge is -2.42. The van der Waals surface area contributed by atoms with E-state index in [0.29, 0.717) is 18.3 Å². The molecule has 1 aromatic carbocycles. The van der Waals surface area contributed by atoms with Crippen molar-refractivity contribution in [3.8, 4) is 0 Å². The van der Waals surface area contributed by atoms with Gasteiger partial charge in [-0.3, -0.25) is 15.0 Å². The average Bonchev–Trinajstić information content (AvgIpc) is 3.54. The zero-order valence-electron chi connectivity index (χ0n) is 19.9. The van der Waals surface area contributed by atoms with Crippen molar-refractivity contribution in [3.63, 3.8) is 0 Å². The van der Waals surface area contributed by atoms with Gasteiger partial charge in [-0.05, 0) is 69.3 Å². The number of aryl methyl sites for hydroxylation is 1. The van der Waals surface area contributed by atoms with Gasteiger partial charge in [0.15, 0.2) is 0 Å². The van der Waals surface area contributed by atoms with Crippen LogP contribution in [0.15, 0.2) is 18.3 Å². The number of fused-ring (bicyclic) bond motifs is 1. The summed E-state index contributed by atoms with van der Waals surface area (Å²) in [7, 11) is 0. The molecule has 1 unspecified atom stereocenters. The van der Waals surface area contributed by atoms with E-state index in [1.165, 1.54) is 0 Å². The van der Waals surface area contributed by atoms with E-state index in [1.54, 1.807) is 6.20 Å². The highest BCUT2D eigenvalue weighted by molar-refractivity contribution is 5.84. The summed E-state index contributed by atoms with van der Waals surface area (Å²) >= 11 is 0. The van der Waals surface area contributed by atoms with Gasteiger partial charge >= 0.3 is 5.97 Å². The summed E-state index contributed by atoms with van der Waals surface area (Å²) in [6, 6.07) is 4.02. The lowest BCUT2D eigenvalue weighted by Crippen LogP contribution is -2.52. The van der Waals surface area contributed by atoms with E-state index in [1.807, 2.05) is 11.8 Å². The van der Waals surface area contributed by atoms with Gasteiger partial charge in [0.2, 0.25) is 5.91 Å². The summed E-state index contributed by atoms with van der Waals surface area (Å²) in [6.07, 6.45) is 6.02. The van der Waals surface area contributed by atoms with E-state index in [0.717, 1.165) is 73.9 Å². The molecule has 11 nitrogen and oxygen atoms in total. The van der Waals surface area contributed by atoms with Crippen LogP contribution in [0.25, 0.3) is 10.9 Å². The summed E-state index contributed by atoms with van der Waals surface area (Å²) in [5.74, 6) is -0.392. The number of nitrogens with zero attached hydrogens (tertiary/aromatic N) is 5. The van der Waals surface area contributed by atoms with Crippen LogP contribution in [0.2, 0.25) is 0 Å². The van der Waals surface area contributed by atoms with Crippen molar-refractivity contribution in [2.45, 2.75) is 57.0 Å². The van der Waals surface area contributed by atoms with Crippen LogP contribution in [0.1, 0.15) is 59.2 Å². The molecule has 5 rings (SSSR count). The Morgan fingerprint density at radius 2 is 1.89 bits per heavy atom. The number of benzene rings is 1. The summed E-state index contributed by atoms with van der Waals surface area (Å²) in [5.41, 5.74) is 9.52. The molecule has 1 atom stereocenters. The third-order valence-electron chi connectivity index (χ3n) is 7.48. The van der Waals surface area contributed by atoms with Crippen LogP contribution >= 0.6 is 0 Å². The number of aromatic carboxylic acids is 1. The van der Waals surface area contributed by atoms with Gasteiger partial charge in [0.25, 0.3) is 5.82 Å². The van der Waals surface area contributed by atoms with Crippen LogP contribution in [0.3, 0.4) is 0 Å². The number of hydrogen-bond acceptors (Lipinski definition) is 7. The third-order valence-corrected chi connectivity index (χ3v) is 7.48. The molecule has 2 aliphatic rings. The number of amides is 1. The smallest absolute Gasteiger partial charge is 0.375 e. The van der Waals surface area contributed by atoms with Crippen molar-refractivity contribution in [2.75, 3.05) is 26.2 Å². The lowest BCUT2D eigenvalue weighted by atomic mass is 9.92. The van der Waals surface area contributed by atoms with Crippen molar-refractivity contribution >= 4 is 22.8 Å². The molecule has 2 aliphatic heterocycles. The molecular weight excluding hydrogens is 448 g/mol. The Labute approximate surface area is 203 Å². The maximum Gasteiger partial charge on any atom is 0.375 e. The molecular formula is C24H32N8O3. The highest BCUT2D eigenvalue weighted by Crippen LogP contribution is 2.29. The van der Waals surface area contributed by atoms with Gasteiger partial charge in [0, 0.05) is 30.4 Å². The topological polar surface area (TPSA) is 157 Å². The Kier molecular flexibility index (Phi) is 6.52. The molecule has 2 saturated heterocycles. The Bertz CT molecular complexity index is 1200. The molecule has 1 amide bonds. The number of carbonyl (C=O) groups excluding carboxylic acids is 1. The van der Waals surface area contributed by atoms with Crippen LogP contribution in [0, 0.1) is 6.92 Å². The quantitative estimate of drug-likeness (QED) is 0.413. The van der Waals surface area contributed by atoms with Crippen molar-refractivity contribution in [3.05, 3.63) is 41.1 Å². The predicted molar refractivity (Wildman–Crippen MR) is 129 cm³/mol. The fraction of sp³-hybridized carbons (Fsp3) is 0.542. The standard InChI is InChI=1S/C24H32N8O3/c1-14-10-15(11-17-13-26-28-20(14)17)12-19(25)23(33)32-8-4-18(5-9-32)31-6-2-16(3-7-31)21-27-22(24(34)35)30-29-21/h10-11,13,16,18-19H,2-9,12,25H2,1H3,(H,26,28)(H,34,35)(H,27,29,30). The number of likely N-dealkylation sites (tertiary alicyclic amines) is 2. The van der Waals surface area contributed by atoms with Crippen molar-refractivity contribution in [2.24, 2.45) is 5.73 Å². The Morgan fingerprint density at radius 3 is 2.57 bits per heavy atom. The van der Waals surface area contributed by atoms with Crippen LogP contribution < -0.4 is 5.73 Å². The maximum atomic E-state index is 13.0. The number of carboxylic acids is 1. The monoisotopic (exact) mass is 480 g/mol. The third kappa shape index (κ3) is 4.92. The molecule has 2 aromatic heterocycles. The summed E-state index contributed by atoms with van der Waals surface area (Å²) in [5, 5.41) is 23.7. The van der Waals surface area contributed by atoms with E-state index in [4.69, 9.17) is 10.8 Å². The number of piperidine rings is 2. The Hall–Kier alpha value is -3.31. The normalized spacial score (nSPS) is 19.3.